The summed E-state index contributed by atoms with van der Waals surface area (Å²) < 4.78 is 0. The fraction of sp³-hybridized carbons (Fsp3) is 0.280. The van der Waals surface area contributed by atoms with Gasteiger partial charge < -0.3 is 10.2 Å². The Labute approximate surface area is 177 Å². The Morgan fingerprint density at radius 1 is 0.967 bits per heavy atom. The van der Waals surface area contributed by atoms with Crippen LogP contribution in [0, 0.1) is 11.3 Å². The van der Waals surface area contributed by atoms with Crippen molar-refractivity contribution in [1.29, 1.82) is 5.26 Å². The van der Waals surface area contributed by atoms with Gasteiger partial charge in [0.2, 0.25) is 5.91 Å². The molecule has 0 aromatic heterocycles. The van der Waals surface area contributed by atoms with Crippen LogP contribution in [0.25, 0.3) is 10.8 Å². The number of nitrogens with zero attached hydrogens (tertiary/aromatic N) is 3. The van der Waals surface area contributed by atoms with Crippen LogP contribution in [0.5, 0.6) is 0 Å². The first-order valence-electron chi connectivity index (χ1n) is 10.4. The standard InChI is InChI=1S/C25H26N4O/c1-19(25(30)27-23-10-9-21-5-2-3-6-22(21)17-23)28-13-4-14-29(16-15-28)24-11-7-20(18-26)8-12-24/h2-3,5-12,17,19H,4,13-16H2,1H3,(H,27,30). The number of anilines is 2. The van der Waals surface area contributed by atoms with Crippen molar-refractivity contribution >= 4 is 28.1 Å². The second-order valence-corrected chi connectivity index (χ2v) is 7.76. The van der Waals surface area contributed by atoms with Gasteiger partial charge in [0.05, 0.1) is 17.7 Å². The van der Waals surface area contributed by atoms with Crippen LogP contribution in [0.4, 0.5) is 11.4 Å². The number of benzene rings is 3. The zero-order chi connectivity index (χ0) is 20.9. The molecule has 30 heavy (non-hydrogen) atoms. The molecule has 1 N–H and O–H groups in total. The average Bonchev–Trinajstić information content (AvgIpc) is 3.05. The third-order valence-electron chi connectivity index (χ3n) is 5.84. The summed E-state index contributed by atoms with van der Waals surface area (Å²) in [6, 6.07) is 23.9. The van der Waals surface area contributed by atoms with E-state index in [0.29, 0.717) is 5.56 Å². The van der Waals surface area contributed by atoms with Crippen molar-refractivity contribution in [3.8, 4) is 6.07 Å². The van der Waals surface area contributed by atoms with Crippen LogP contribution in [0.2, 0.25) is 0 Å². The van der Waals surface area contributed by atoms with Gasteiger partial charge in [-0.15, -0.1) is 0 Å². The lowest BCUT2D eigenvalue weighted by Gasteiger charge is -2.27. The summed E-state index contributed by atoms with van der Waals surface area (Å²) in [6.45, 7) is 5.50. The third kappa shape index (κ3) is 4.45. The van der Waals surface area contributed by atoms with Crippen LogP contribution in [0.15, 0.2) is 66.7 Å². The van der Waals surface area contributed by atoms with E-state index < -0.39 is 0 Å². The summed E-state index contributed by atoms with van der Waals surface area (Å²) >= 11 is 0. The summed E-state index contributed by atoms with van der Waals surface area (Å²) in [6.07, 6.45) is 0.994. The number of nitriles is 1. The van der Waals surface area contributed by atoms with E-state index in [1.165, 1.54) is 5.39 Å². The number of carbonyl (C=O) groups is 1. The van der Waals surface area contributed by atoms with Gasteiger partial charge in [-0.2, -0.15) is 5.26 Å². The first-order chi connectivity index (χ1) is 14.6. The van der Waals surface area contributed by atoms with E-state index in [1.54, 1.807) is 0 Å². The van der Waals surface area contributed by atoms with E-state index in [9.17, 15) is 4.79 Å². The molecule has 1 atom stereocenters. The van der Waals surface area contributed by atoms with Crippen LogP contribution in [0.1, 0.15) is 18.9 Å². The second kappa shape index (κ2) is 8.98. The number of fused-ring (bicyclic) bond motifs is 1. The molecule has 0 saturated carbocycles. The lowest BCUT2D eigenvalue weighted by atomic mass is 10.1. The van der Waals surface area contributed by atoms with Gasteiger partial charge in [-0.1, -0.05) is 30.3 Å². The molecule has 3 aromatic rings. The van der Waals surface area contributed by atoms with Crippen LogP contribution < -0.4 is 10.2 Å². The van der Waals surface area contributed by atoms with E-state index in [4.69, 9.17) is 5.26 Å². The van der Waals surface area contributed by atoms with E-state index >= 15 is 0 Å². The molecular formula is C25H26N4O. The van der Waals surface area contributed by atoms with Crippen LogP contribution in [0.3, 0.4) is 0 Å². The fourth-order valence-electron chi connectivity index (χ4n) is 4.01. The summed E-state index contributed by atoms with van der Waals surface area (Å²) in [4.78, 5) is 17.5. The molecule has 0 bridgehead atoms. The van der Waals surface area contributed by atoms with Crippen LogP contribution in [-0.4, -0.2) is 43.0 Å². The number of nitrogens with one attached hydrogen (secondary N) is 1. The summed E-state index contributed by atoms with van der Waals surface area (Å²) in [7, 11) is 0. The molecule has 5 heteroatoms. The number of rotatable bonds is 4. The molecule has 1 amide bonds. The quantitative estimate of drug-likeness (QED) is 0.714. The van der Waals surface area contributed by atoms with Crippen molar-refractivity contribution in [2.24, 2.45) is 0 Å². The first-order valence-corrected chi connectivity index (χ1v) is 10.4. The molecule has 4 rings (SSSR count). The zero-order valence-electron chi connectivity index (χ0n) is 17.2. The Kier molecular flexibility index (Phi) is 5.97. The van der Waals surface area contributed by atoms with E-state index in [1.807, 2.05) is 61.5 Å². The van der Waals surface area contributed by atoms with Gasteiger partial charge in [0.25, 0.3) is 0 Å². The van der Waals surface area contributed by atoms with Gasteiger partial charge in [0.15, 0.2) is 0 Å². The van der Waals surface area contributed by atoms with Crippen molar-refractivity contribution in [2.75, 3.05) is 36.4 Å². The van der Waals surface area contributed by atoms with E-state index in [0.717, 1.165) is 49.4 Å². The SMILES string of the molecule is CC(C(=O)Nc1ccc2ccccc2c1)N1CCCN(c2ccc(C#N)cc2)CC1. The predicted molar refractivity (Wildman–Crippen MR) is 122 cm³/mol. The maximum Gasteiger partial charge on any atom is 0.241 e. The van der Waals surface area contributed by atoms with Crippen molar-refractivity contribution in [2.45, 2.75) is 19.4 Å². The molecule has 5 nitrogen and oxygen atoms in total. The third-order valence-corrected chi connectivity index (χ3v) is 5.84. The summed E-state index contributed by atoms with van der Waals surface area (Å²) in [5, 5.41) is 14.4. The van der Waals surface area contributed by atoms with Gasteiger partial charge in [0.1, 0.15) is 0 Å². The Hall–Kier alpha value is -3.36. The fourth-order valence-corrected chi connectivity index (χ4v) is 4.01. The lowest BCUT2D eigenvalue weighted by molar-refractivity contribution is -0.120. The molecule has 1 heterocycles. The molecule has 1 unspecified atom stereocenters. The Morgan fingerprint density at radius 3 is 2.50 bits per heavy atom. The maximum atomic E-state index is 12.9. The minimum Gasteiger partial charge on any atom is -0.370 e. The highest BCUT2D eigenvalue weighted by Crippen LogP contribution is 2.21. The van der Waals surface area contributed by atoms with Crippen LogP contribution in [-0.2, 0) is 4.79 Å². The average molecular weight is 399 g/mol. The lowest BCUT2D eigenvalue weighted by Crippen LogP contribution is -2.43. The Balaban J connectivity index is 1.38. The molecule has 3 aromatic carbocycles. The minimum absolute atomic E-state index is 0.0251. The molecular weight excluding hydrogens is 372 g/mol. The molecule has 1 saturated heterocycles. The maximum absolute atomic E-state index is 12.9. The highest BCUT2D eigenvalue weighted by Gasteiger charge is 2.24. The van der Waals surface area contributed by atoms with Gasteiger partial charge in [0, 0.05) is 37.6 Å². The Morgan fingerprint density at radius 2 is 1.73 bits per heavy atom. The number of amides is 1. The number of hydrogen-bond donors (Lipinski definition) is 1. The molecule has 0 radical (unpaired) electrons. The summed E-state index contributed by atoms with van der Waals surface area (Å²) in [5.74, 6) is 0.0251. The smallest absolute Gasteiger partial charge is 0.241 e. The van der Waals surface area contributed by atoms with Crippen molar-refractivity contribution < 1.29 is 4.79 Å². The molecule has 0 spiro atoms. The van der Waals surface area contributed by atoms with Crippen molar-refractivity contribution in [3.05, 3.63) is 72.3 Å². The summed E-state index contributed by atoms with van der Waals surface area (Å²) in [5.41, 5.74) is 2.64. The zero-order valence-corrected chi connectivity index (χ0v) is 17.2. The normalized spacial score (nSPS) is 15.9. The topological polar surface area (TPSA) is 59.4 Å². The van der Waals surface area contributed by atoms with Gasteiger partial charge in [-0.25, -0.2) is 0 Å². The van der Waals surface area contributed by atoms with Crippen molar-refractivity contribution in [1.82, 2.24) is 4.90 Å². The number of hydrogen-bond acceptors (Lipinski definition) is 4. The largest absolute Gasteiger partial charge is 0.370 e. The van der Waals surface area contributed by atoms with Gasteiger partial charge >= 0.3 is 0 Å². The highest BCUT2D eigenvalue weighted by atomic mass is 16.2. The van der Waals surface area contributed by atoms with E-state index in [-0.39, 0.29) is 11.9 Å². The number of carbonyl (C=O) groups excluding carboxylic acids is 1. The van der Waals surface area contributed by atoms with Crippen molar-refractivity contribution in [3.63, 3.8) is 0 Å². The molecule has 1 aliphatic rings. The highest BCUT2D eigenvalue weighted by molar-refractivity contribution is 5.97. The molecule has 0 aliphatic carbocycles. The van der Waals surface area contributed by atoms with Gasteiger partial charge in [-0.3, -0.25) is 9.69 Å². The molecule has 1 fully saturated rings. The van der Waals surface area contributed by atoms with E-state index in [2.05, 4.69) is 33.3 Å². The van der Waals surface area contributed by atoms with Crippen LogP contribution >= 0.6 is 0 Å². The Bertz CT molecular complexity index is 1070. The monoisotopic (exact) mass is 398 g/mol. The van der Waals surface area contributed by atoms with Gasteiger partial charge in [-0.05, 0) is 60.5 Å². The second-order valence-electron chi connectivity index (χ2n) is 7.76. The predicted octanol–water partition coefficient (Wildman–Crippen LogP) is 4.25. The molecule has 152 valence electrons. The first kappa shape index (κ1) is 19.9. The molecule has 1 aliphatic heterocycles. The minimum atomic E-state index is -0.197.